The molecule has 25 heavy (non-hydrogen) atoms. The average Bonchev–Trinajstić information content (AvgIpc) is 3.04. The van der Waals surface area contributed by atoms with Gasteiger partial charge in [0.1, 0.15) is 11.6 Å². The molecule has 3 aromatic rings. The number of anilines is 2. The van der Waals surface area contributed by atoms with Gasteiger partial charge in [-0.25, -0.2) is 9.37 Å². The molecule has 0 bridgehead atoms. The van der Waals surface area contributed by atoms with E-state index in [-0.39, 0.29) is 5.82 Å². The molecule has 6 nitrogen and oxygen atoms in total. The molecular formula is C18H21FN6. The summed E-state index contributed by atoms with van der Waals surface area (Å²) in [6.45, 7) is 7.13. The summed E-state index contributed by atoms with van der Waals surface area (Å²) >= 11 is 0. The second kappa shape index (κ2) is 6.31. The number of para-hydroxylation sites is 1. The zero-order valence-corrected chi connectivity index (χ0v) is 14.5. The minimum Gasteiger partial charge on any atom is -0.366 e. The maximum Gasteiger partial charge on any atom is 0.254 e. The molecular weight excluding hydrogens is 319 g/mol. The Morgan fingerprint density at radius 3 is 2.48 bits per heavy atom. The molecule has 1 aliphatic rings. The Balaban J connectivity index is 1.59. The SMILES string of the molecule is CCc1nc2nc(C)cc(N3CCN(c4ccccc4F)CC3)n2n1. The van der Waals surface area contributed by atoms with Gasteiger partial charge in [-0.05, 0) is 19.1 Å². The molecule has 1 aliphatic heterocycles. The largest absolute Gasteiger partial charge is 0.366 e. The maximum atomic E-state index is 14.0. The van der Waals surface area contributed by atoms with Crippen LogP contribution in [0, 0.1) is 12.7 Å². The zero-order chi connectivity index (χ0) is 17.4. The van der Waals surface area contributed by atoms with E-state index >= 15 is 0 Å². The van der Waals surface area contributed by atoms with Crippen molar-refractivity contribution in [1.29, 1.82) is 0 Å². The Morgan fingerprint density at radius 1 is 1.04 bits per heavy atom. The molecule has 0 unspecified atom stereocenters. The molecule has 1 fully saturated rings. The van der Waals surface area contributed by atoms with Gasteiger partial charge in [0.25, 0.3) is 5.78 Å². The van der Waals surface area contributed by atoms with E-state index in [0.29, 0.717) is 11.5 Å². The molecule has 0 saturated carbocycles. The van der Waals surface area contributed by atoms with Crippen LogP contribution >= 0.6 is 0 Å². The van der Waals surface area contributed by atoms with Crippen LogP contribution in [0.5, 0.6) is 0 Å². The van der Waals surface area contributed by atoms with Gasteiger partial charge in [0, 0.05) is 44.4 Å². The highest BCUT2D eigenvalue weighted by molar-refractivity contribution is 5.52. The highest BCUT2D eigenvalue weighted by atomic mass is 19.1. The number of aromatic nitrogens is 4. The standard InChI is InChI=1S/C18H21FN6/c1-3-16-21-18-20-13(2)12-17(25(18)22-16)24-10-8-23(9-11-24)15-7-5-4-6-14(15)19/h4-7,12H,3,8-11H2,1-2H3. The van der Waals surface area contributed by atoms with E-state index in [9.17, 15) is 4.39 Å². The number of benzene rings is 1. The summed E-state index contributed by atoms with van der Waals surface area (Å²) in [6, 6.07) is 8.99. The van der Waals surface area contributed by atoms with E-state index < -0.39 is 0 Å². The first kappa shape index (κ1) is 15.8. The lowest BCUT2D eigenvalue weighted by Crippen LogP contribution is -2.47. The third-order valence-corrected chi connectivity index (χ3v) is 4.58. The minimum absolute atomic E-state index is 0.165. The number of hydrogen-bond donors (Lipinski definition) is 0. The van der Waals surface area contributed by atoms with E-state index in [1.165, 1.54) is 6.07 Å². The summed E-state index contributed by atoms with van der Waals surface area (Å²) in [5.74, 6) is 2.28. The van der Waals surface area contributed by atoms with Crippen molar-refractivity contribution in [1.82, 2.24) is 19.6 Å². The van der Waals surface area contributed by atoms with Crippen LogP contribution in [-0.2, 0) is 6.42 Å². The summed E-state index contributed by atoms with van der Waals surface area (Å²) in [5.41, 5.74) is 1.60. The molecule has 0 radical (unpaired) electrons. The third-order valence-electron chi connectivity index (χ3n) is 4.58. The van der Waals surface area contributed by atoms with Gasteiger partial charge in [0.2, 0.25) is 0 Å². The average molecular weight is 340 g/mol. The molecule has 2 aromatic heterocycles. The Labute approximate surface area is 145 Å². The first-order valence-corrected chi connectivity index (χ1v) is 8.63. The number of halogens is 1. The number of nitrogens with zero attached hydrogens (tertiary/aromatic N) is 6. The lowest BCUT2D eigenvalue weighted by Gasteiger charge is -2.37. The number of aryl methyl sites for hydroxylation is 2. The number of rotatable bonds is 3. The second-order valence-corrected chi connectivity index (χ2v) is 6.27. The van der Waals surface area contributed by atoms with Gasteiger partial charge in [0.05, 0.1) is 5.69 Å². The fraction of sp³-hybridized carbons (Fsp3) is 0.389. The Hall–Kier alpha value is -2.70. The van der Waals surface area contributed by atoms with Crippen LogP contribution < -0.4 is 9.80 Å². The lowest BCUT2D eigenvalue weighted by molar-refractivity contribution is 0.593. The van der Waals surface area contributed by atoms with E-state index in [4.69, 9.17) is 0 Å². The molecule has 7 heteroatoms. The molecule has 0 aliphatic carbocycles. The van der Waals surface area contributed by atoms with Gasteiger partial charge in [-0.2, -0.15) is 9.50 Å². The van der Waals surface area contributed by atoms with E-state index in [1.54, 1.807) is 6.07 Å². The number of hydrogen-bond acceptors (Lipinski definition) is 5. The van der Waals surface area contributed by atoms with Crippen LogP contribution in [0.25, 0.3) is 5.78 Å². The van der Waals surface area contributed by atoms with Crippen molar-refractivity contribution in [2.75, 3.05) is 36.0 Å². The molecule has 1 saturated heterocycles. The zero-order valence-electron chi connectivity index (χ0n) is 14.5. The van der Waals surface area contributed by atoms with Crippen molar-refractivity contribution < 1.29 is 4.39 Å². The van der Waals surface area contributed by atoms with Gasteiger partial charge >= 0.3 is 0 Å². The third kappa shape index (κ3) is 2.90. The predicted molar refractivity (Wildman–Crippen MR) is 95.7 cm³/mol. The van der Waals surface area contributed by atoms with Gasteiger partial charge in [-0.1, -0.05) is 19.1 Å². The molecule has 3 heterocycles. The first-order valence-electron chi connectivity index (χ1n) is 8.63. The van der Waals surface area contributed by atoms with E-state index in [1.807, 2.05) is 36.6 Å². The van der Waals surface area contributed by atoms with Crippen LogP contribution in [0.2, 0.25) is 0 Å². The fourth-order valence-electron chi connectivity index (χ4n) is 3.27. The van der Waals surface area contributed by atoms with Crippen LogP contribution in [0.15, 0.2) is 30.3 Å². The summed E-state index contributed by atoms with van der Waals surface area (Å²) in [5, 5.41) is 4.57. The van der Waals surface area contributed by atoms with Crippen molar-refractivity contribution >= 4 is 17.3 Å². The Morgan fingerprint density at radius 2 is 1.76 bits per heavy atom. The van der Waals surface area contributed by atoms with Gasteiger partial charge in [-0.3, -0.25) is 0 Å². The first-order chi connectivity index (χ1) is 12.2. The van der Waals surface area contributed by atoms with Crippen LogP contribution in [0.4, 0.5) is 15.9 Å². The quantitative estimate of drug-likeness (QED) is 0.733. The summed E-state index contributed by atoms with van der Waals surface area (Å²) in [4.78, 5) is 13.3. The van der Waals surface area contributed by atoms with Gasteiger partial charge in [-0.15, -0.1) is 5.10 Å². The molecule has 4 rings (SSSR count). The van der Waals surface area contributed by atoms with Crippen molar-refractivity contribution in [2.24, 2.45) is 0 Å². The molecule has 0 atom stereocenters. The molecule has 130 valence electrons. The minimum atomic E-state index is -0.165. The summed E-state index contributed by atoms with van der Waals surface area (Å²) < 4.78 is 15.8. The number of piperazine rings is 1. The maximum absolute atomic E-state index is 14.0. The van der Waals surface area contributed by atoms with Crippen LogP contribution in [0.1, 0.15) is 18.4 Å². The summed E-state index contributed by atoms with van der Waals surface area (Å²) in [7, 11) is 0. The smallest absolute Gasteiger partial charge is 0.254 e. The monoisotopic (exact) mass is 340 g/mol. The summed E-state index contributed by atoms with van der Waals surface area (Å²) in [6.07, 6.45) is 0.781. The van der Waals surface area contributed by atoms with Gasteiger partial charge in [0.15, 0.2) is 5.82 Å². The van der Waals surface area contributed by atoms with Crippen LogP contribution in [-0.4, -0.2) is 45.8 Å². The van der Waals surface area contributed by atoms with Crippen molar-refractivity contribution in [3.05, 3.63) is 47.7 Å². The van der Waals surface area contributed by atoms with Crippen molar-refractivity contribution in [3.63, 3.8) is 0 Å². The fourth-order valence-corrected chi connectivity index (χ4v) is 3.27. The lowest BCUT2D eigenvalue weighted by atomic mass is 10.2. The molecule has 1 aromatic carbocycles. The van der Waals surface area contributed by atoms with E-state index in [0.717, 1.165) is 49.9 Å². The van der Waals surface area contributed by atoms with Gasteiger partial charge < -0.3 is 9.80 Å². The van der Waals surface area contributed by atoms with Crippen molar-refractivity contribution in [2.45, 2.75) is 20.3 Å². The molecule has 0 spiro atoms. The Kier molecular flexibility index (Phi) is 3.99. The number of fused-ring (bicyclic) bond motifs is 1. The highest BCUT2D eigenvalue weighted by Gasteiger charge is 2.22. The topological polar surface area (TPSA) is 49.6 Å². The molecule has 0 amide bonds. The highest BCUT2D eigenvalue weighted by Crippen LogP contribution is 2.23. The predicted octanol–water partition coefficient (Wildman–Crippen LogP) is 2.46. The van der Waals surface area contributed by atoms with Crippen molar-refractivity contribution in [3.8, 4) is 0 Å². The second-order valence-electron chi connectivity index (χ2n) is 6.27. The normalized spacial score (nSPS) is 15.2. The molecule has 0 N–H and O–H groups in total. The van der Waals surface area contributed by atoms with Crippen LogP contribution in [0.3, 0.4) is 0 Å². The Bertz CT molecular complexity index is 898. The van der Waals surface area contributed by atoms with E-state index in [2.05, 4.69) is 24.9 Å².